The number of esters is 1. The van der Waals surface area contributed by atoms with Gasteiger partial charge in [0, 0.05) is 6.04 Å². The largest absolute Gasteiger partial charge is 0.469 e. The van der Waals surface area contributed by atoms with Crippen molar-refractivity contribution in [2.45, 2.75) is 31.7 Å². The molecule has 0 heterocycles. The van der Waals surface area contributed by atoms with Crippen molar-refractivity contribution in [3.63, 3.8) is 0 Å². The second kappa shape index (κ2) is 2.46. The molecule has 0 atom stereocenters. The van der Waals surface area contributed by atoms with Crippen LogP contribution in [-0.4, -0.2) is 19.1 Å². The Balaban J connectivity index is 1.81. The molecule has 2 aliphatic carbocycles. The third-order valence-electron chi connectivity index (χ3n) is 3.25. The molecule has 12 heavy (non-hydrogen) atoms. The van der Waals surface area contributed by atoms with Gasteiger partial charge in [0.05, 0.1) is 13.0 Å². The van der Waals surface area contributed by atoms with Crippen molar-refractivity contribution in [3.05, 3.63) is 0 Å². The van der Waals surface area contributed by atoms with Crippen molar-refractivity contribution < 1.29 is 9.53 Å². The monoisotopic (exact) mass is 168 g/mol. The number of carbonyl (C=O) groups is 1. The summed E-state index contributed by atoms with van der Waals surface area (Å²) in [5.41, 5.74) is 7.79. The molecule has 67 valence electrons. The lowest BCUT2D eigenvalue weighted by atomic mass is 9.50. The highest BCUT2D eigenvalue weighted by Gasteiger charge is 2.54. The van der Waals surface area contributed by atoms with Gasteiger partial charge in [-0.15, -0.1) is 0 Å². The zero-order valence-electron chi connectivity index (χ0n) is 7.30. The summed E-state index contributed by atoms with van der Waals surface area (Å²) in [6.07, 6.45) is 3.94. The first kappa shape index (κ1) is 8.05. The minimum atomic E-state index is -0.0611. The van der Waals surface area contributed by atoms with Gasteiger partial charge in [-0.2, -0.15) is 0 Å². The van der Waals surface area contributed by atoms with Crippen LogP contribution in [0.4, 0.5) is 0 Å². The summed E-state index contributed by atoms with van der Waals surface area (Å²) in [7, 11) is 1.45. The third-order valence-corrected chi connectivity index (χ3v) is 3.25. The molecule has 0 aliphatic heterocycles. The Kier molecular flexibility index (Phi) is 1.65. The molecular formula is C9H14NO2. The van der Waals surface area contributed by atoms with Gasteiger partial charge < -0.3 is 4.74 Å². The first-order chi connectivity index (χ1) is 5.65. The van der Waals surface area contributed by atoms with Crippen molar-refractivity contribution in [2.24, 2.45) is 11.3 Å². The smallest absolute Gasteiger partial charge is 0.308 e. The Morgan fingerprint density at radius 2 is 2.00 bits per heavy atom. The van der Waals surface area contributed by atoms with E-state index in [2.05, 4.69) is 4.74 Å². The molecular weight excluding hydrogens is 154 g/mol. The standard InChI is InChI=1S/C9H14NO2/c1-12-8(11)6-2-9(3-6)4-7(10)5-9/h6-7,10H,2-5H2,1H3. The summed E-state index contributed by atoms with van der Waals surface area (Å²) in [6, 6.07) is 0.142. The van der Waals surface area contributed by atoms with E-state index >= 15 is 0 Å². The van der Waals surface area contributed by atoms with Gasteiger partial charge in [0.1, 0.15) is 0 Å². The van der Waals surface area contributed by atoms with E-state index in [9.17, 15) is 4.79 Å². The molecule has 2 saturated carbocycles. The van der Waals surface area contributed by atoms with Crippen molar-refractivity contribution in [1.82, 2.24) is 5.73 Å². The van der Waals surface area contributed by atoms with Crippen LogP contribution in [0.5, 0.6) is 0 Å². The number of ether oxygens (including phenoxy) is 1. The molecule has 1 N–H and O–H groups in total. The number of nitrogens with one attached hydrogen (secondary N) is 1. The van der Waals surface area contributed by atoms with E-state index in [4.69, 9.17) is 5.73 Å². The third kappa shape index (κ3) is 1.04. The van der Waals surface area contributed by atoms with Crippen LogP contribution in [0.25, 0.3) is 0 Å². The molecule has 0 bridgehead atoms. The van der Waals surface area contributed by atoms with Gasteiger partial charge in [-0.3, -0.25) is 10.5 Å². The van der Waals surface area contributed by atoms with Gasteiger partial charge >= 0.3 is 5.97 Å². The van der Waals surface area contributed by atoms with Gasteiger partial charge in [0.25, 0.3) is 0 Å². The number of hydrogen-bond donors (Lipinski definition) is 0. The number of rotatable bonds is 1. The van der Waals surface area contributed by atoms with Gasteiger partial charge in [0.15, 0.2) is 0 Å². The van der Waals surface area contributed by atoms with Gasteiger partial charge in [-0.05, 0) is 31.1 Å². The van der Waals surface area contributed by atoms with Crippen LogP contribution in [0.3, 0.4) is 0 Å². The molecule has 0 aromatic heterocycles. The molecule has 0 aromatic rings. The average molecular weight is 168 g/mol. The number of carbonyl (C=O) groups excluding carboxylic acids is 1. The molecule has 1 radical (unpaired) electrons. The van der Waals surface area contributed by atoms with Crippen molar-refractivity contribution in [3.8, 4) is 0 Å². The number of hydrogen-bond acceptors (Lipinski definition) is 2. The summed E-state index contributed by atoms with van der Waals surface area (Å²) in [5.74, 6) is 0.0801. The fraction of sp³-hybridized carbons (Fsp3) is 0.889. The van der Waals surface area contributed by atoms with Crippen LogP contribution >= 0.6 is 0 Å². The summed E-state index contributed by atoms with van der Waals surface area (Å²) in [5, 5.41) is 0. The molecule has 0 saturated heterocycles. The highest BCUT2D eigenvalue weighted by molar-refractivity contribution is 5.73. The predicted molar refractivity (Wildman–Crippen MR) is 43.3 cm³/mol. The minimum absolute atomic E-state index is 0.0611. The van der Waals surface area contributed by atoms with E-state index in [0.29, 0.717) is 5.41 Å². The molecule has 1 spiro atoms. The van der Waals surface area contributed by atoms with E-state index in [1.54, 1.807) is 0 Å². The summed E-state index contributed by atoms with van der Waals surface area (Å²) < 4.78 is 4.66. The Labute approximate surface area is 72.3 Å². The van der Waals surface area contributed by atoms with E-state index in [1.165, 1.54) is 7.11 Å². The van der Waals surface area contributed by atoms with Gasteiger partial charge in [-0.25, -0.2) is 0 Å². The maximum absolute atomic E-state index is 11.0. The van der Waals surface area contributed by atoms with Crippen LogP contribution in [0.15, 0.2) is 0 Å². The molecule has 0 unspecified atom stereocenters. The summed E-state index contributed by atoms with van der Waals surface area (Å²) in [6.45, 7) is 0. The Hall–Kier alpha value is -0.570. The Morgan fingerprint density at radius 1 is 1.42 bits per heavy atom. The highest BCUT2D eigenvalue weighted by Crippen LogP contribution is 2.58. The van der Waals surface area contributed by atoms with Crippen LogP contribution < -0.4 is 5.73 Å². The SMILES string of the molecule is COC(=O)C1CC2(CC([NH])C2)C1. The lowest BCUT2D eigenvalue weighted by Gasteiger charge is -2.55. The molecule has 2 rings (SSSR count). The van der Waals surface area contributed by atoms with Crippen LogP contribution in [0.2, 0.25) is 0 Å². The summed E-state index contributed by atoms with van der Waals surface area (Å²) >= 11 is 0. The quantitative estimate of drug-likeness (QED) is 0.548. The van der Waals surface area contributed by atoms with E-state index < -0.39 is 0 Å². The Morgan fingerprint density at radius 3 is 2.42 bits per heavy atom. The molecule has 2 fully saturated rings. The van der Waals surface area contributed by atoms with E-state index in [-0.39, 0.29) is 17.9 Å². The lowest BCUT2D eigenvalue weighted by molar-refractivity contribution is -0.159. The van der Waals surface area contributed by atoms with Gasteiger partial charge in [-0.1, -0.05) is 0 Å². The van der Waals surface area contributed by atoms with Gasteiger partial charge in [0.2, 0.25) is 0 Å². The second-order valence-corrected chi connectivity index (χ2v) is 4.23. The highest BCUT2D eigenvalue weighted by atomic mass is 16.5. The fourth-order valence-electron chi connectivity index (χ4n) is 2.64. The molecule has 2 aliphatic rings. The molecule has 0 aromatic carbocycles. The fourth-order valence-corrected chi connectivity index (χ4v) is 2.64. The van der Waals surface area contributed by atoms with Crippen molar-refractivity contribution in [2.75, 3.05) is 7.11 Å². The Bertz CT molecular complexity index is 201. The van der Waals surface area contributed by atoms with Crippen LogP contribution in [0, 0.1) is 11.3 Å². The molecule has 3 nitrogen and oxygen atoms in total. The first-order valence-electron chi connectivity index (χ1n) is 4.44. The predicted octanol–water partition coefficient (Wildman–Crippen LogP) is 1.00. The number of methoxy groups -OCH3 is 1. The normalized spacial score (nSPS) is 44.8. The minimum Gasteiger partial charge on any atom is -0.469 e. The molecule has 3 heteroatoms. The zero-order chi connectivity index (χ0) is 8.77. The summed E-state index contributed by atoms with van der Waals surface area (Å²) in [4.78, 5) is 11.0. The maximum Gasteiger partial charge on any atom is 0.308 e. The first-order valence-corrected chi connectivity index (χ1v) is 4.44. The van der Waals surface area contributed by atoms with Crippen LogP contribution in [0.1, 0.15) is 25.7 Å². The second-order valence-electron chi connectivity index (χ2n) is 4.23. The van der Waals surface area contributed by atoms with Crippen molar-refractivity contribution in [1.29, 1.82) is 0 Å². The van der Waals surface area contributed by atoms with Crippen LogP contribution in [-0.2, 0) is 9.53 Å². The van der Waals surface area contributed by atoms with Crippen molar-refractivity contribution >= 4 is 5.97 Å². The zero-order valence-corrected chi connectivity index (χ0v) is 7.30. The maximum atomic E-state index is 11.0. The topological polar surface area (TPSA) is 50.1 Å². The van der Waals surface area contributed by atoms with E-state index in [0.717, 1.165) is 25.7 Å². The van der Waals surface area contributed by atoms with E-state index in [1.807, 2.05) is 0 Å². The average Bonchev–Trinajstić information content (AvgIpc) is 1.92. The molecule has 0 amide bonds. The lowest BCUT2D eigenvalue weighted by Crippen LogP contribution is -2.52.